The third-order valence-corrected chi connectivity index (χ3v) is 5.06. The monoisotopic (exact) mass is 340 g/mol. The summed E-state index contributed by atoms with van der Waals surface area (Å²) in [6.45, 7) is 1.98. The fraction of sp³-hybridized carbons (Fsp3) is 0.923. The number of aliphatic hydroxyl groups is 1. The van der Waals surface area contributed by atoms with Gasteiger partial charge in [0, 0.05) is 38.4 Å². The highest BCUT2D eigenvalue weighted by atomic mass is 35.5. The average Bonchev–Trinajstić information content (AvgIpc) is 3.09. The van der Waals surface area contributed by atoms with Crippen molar-refractivity contribution in [2.75, 3.05) is 38.2 Å². The van der Waals surface area contributed by atoms with E-state index in [0.29, 0.717) is 24.9 Å². The average molecular weight is 341 g/mol. The highest BCUT2D eigenvalue weighted by molar-refractivity contribution is 7.90. The number of hydrogen-bond donors (Lipinski definition) is 2. The van der Waals surface area contributed by atoms with Gasteiger partial charge in [0.2, 0.25) is 5.91 Å². The summed E-state index contributed by atoms with van der Waals surface area (Å²) < 4.78 is 22.5. The number of hydrogen-bond acceptors (Lipinski definition) is 5. The topological polar surface area (TPSA) is 86.7 Å². The Morgan fingerprint density at radius 3 is 2.52 bits per heavy atom. The van der Waals surface area contributed by atoms with E-state index in [2.05, 4.69) is 10.2 Å². The van der Waals surface area contributed by atoms with Gasteiger partial charge in [-0.1, -0.05) is 0 Å². The highest BCUT2D eigenvalue weighted by Crippen LogP contribution is 2.41. The first-order chi connectivity index (χ1) is 9.39. The lowest BCUT2D eigenvalue weighted by atomic mass is 9.98. The molecule has 0 aromatic rings. The molecule has 21 heavy (non-hydrogen) atoms. The van der Waals surface area contributed by atoms with Crippen LogP contribution in [-0.4, -0.2) is 68.6 Å². The van der Waals surface area contributed by atoms with Gasteiger partial charge in [0.05, 0.1) is 12.4 Å². The Morgan fingerprint density at radius 2 is 2.00 bits per heavy atom. The molecule has 1 aliphatic carbocycles. The van der Waals surface area contributed by atoms with Gasteiger partial charge in [-0.25, -0.2) is 8.42 Å². The van der Waals surface area contributed by atoms with Crippen LogP contribution in [0.1, 0.15) is 19.3 Å². The van der Waals surface area contributed by atoms with Crippen LogP contribution in [0.3, 0.4) is 0 Å². The van der Waals surface area contributed by atoms with Crippen molar-refractivity contribution in [1.29, 1.82) is 0 Å². The van der Waals surface area contributed by atoms with Gasteiger partial charge in [-0.3, -0.25) is 9.69 Å². The minimum atomic E-state index is -2.94. The Morgan fingerprint density at radius 1 is 1.33 bits per heavy atom. The lowest BCUT2D eigenvalue weighted by Gasteiger charge is -2.19. The number of halogens is 1. The van der Waals surface area contributed by atoms with Crippen LogP contribution in [0.2, 0.25) is 0 Å². The first-order valence-corrected chi connectivity index (χ1v) is 9.25. The SMILES string of the molecule is CS(=O)(=O)CCN1C[C@H](NC(=O)CCO)[C@@H](C2CC2)C1.Cl. The van der Waals surface area contributed by atoms with Crippen LogP contribution in [0.4, 0.5) is 0 Å². The molecule has 2 atom stereocenters. The maximum absolute atomic E-state index is 11.6. The molecule has 0 aromatic heterocycles. The summed E-state index contributed by atoms with van der Waals surface area (Å²) in [5.74, 6) is 1.14. The van der Waals surface area contributed by atoms with Crippen LogP contribution >= 0.6 is 12.4 Å². The molecule has 0 unspecified atom stereocenters. The first kappa shape index (κ1) is 18.7. The van der Waals surface area contributed by atoms with E-state index >= 15 is 0 Å². The van der Waals surface area contributed by atoms with Crippen molar-refractivity contribution < 1.29 is 18.3 Å². The number of carbonyl (C=O) groups excluding carboxylic acids is 1. The molecule has 1 heterocycles. The minimum absolute atomic E-state index is 0. The normalized spacial score (nSPS) is 26.4. The Labute approximate surface area is 132 Å². The van der Waals surface area contributed by atoms with E-state index in [4.69, 9.17) is 5.11 Å². The predicted octanol–water partition coefficient (Wildman–Crippen LogP) is -0.338. The van der Waals surface area contributed by atoms with Crippen molar-refractivity contribution in [2.24, 2.45) is 11.8 Å². The van der Waals surface area contributed by atoms with Gasteiger partial charge in [-0.15, -0.1) is 12.4 Å². The number of carbonyl (C=O) groups is 1. The number of nitrogens with one attached hydrogen (secondary N) is 1. The smallest absolute Gasteiger partial charge is 0.222 e. The van der Waals surface area contributed by atoms with E-state index < -0.39 is 9.84 Å². The Bertz CT molecular complexity index is 453. The van der Waals surface area contributed by atoms with Crippen molar-refractivity contribution in [2.45, 2.75) is 25.3 Å². The molecule has 6 nitrogen and oxygen atoms in total. The van der Waals surface area contributed by atoms with E-state index in [1.807, 2.05) is 0 Å². The molecule has 0 aromatic carbocycles. The van der Waals surface area contributed by atoms with Gasteiger partial charge in [0.15, 0.2) is 0 Å². The van der Waals surface area contributed by atoms with E-state index in [-0.39, 0.29) is 43.1 Å². The van der Waals surface area contributed by atoms with Crippen LogP contribution in [-0.2, 0) is 14.6 Å². The summed E-state index contributed by atoms with van der Waals surface area (Å²) in [4.78, 5) is 13.8. The number of likely N-dealkylation sites (tertiary alicyclic amines) is 1. The van der Waals surface area contributed by atoms with Crippen LogP contribution < -0.4 is 5.32 Å². The molecule has 8 heteroatoms. The molecular weight excluding hydrogens is 316 g/mol. The Hall–Kier alpha value is -0.370. The Kier molecular flexibility index (Phi) is 6.90. The summed E-state index contributed by atoms with van der Waals surface area (Å²) >= 11 is 0. The minimum Gasteiger partial charge on any atom is -0.396 e. The zero-order valence-corrected chi connectivity index (χ0v) is 14.0. The third kappa shape index (κ3) is 6.10. The van der Waals surface area contributed by atoms with Crippen LogP contribution in [0, 0.1) is 11.8 Å². The van der Waals surface area contributed by atoms with Crippen LogP contribution in [0.25, 0.3) is 0 Å². The molecule has 124 valence electrons. The molecule has 1 saturated heterocycles. The standard InChI is InChI=1S/C13H24N2O4S.ClH/c1-20(18,19)7-5-15-8-11(10-2-3-10)12(9-15)14-13(17)4-6-16;/h10-12,16H,2-9H2,1H3,(H,14,17);1H/t11-,12+;/m1./s1. The summed E-state index contributed by atoms with van der Waals surface area (Å²) in [5.41, 5.74) is 0. The third-order valence-electron chi connectivity index (χ3n) is 4.13. The highest BCUT2D eigenvalue weighted by Gasteiger charge is 2.42. The summed E-state index contributed by atoms with van der Waals surface area (Å²) in [7, 11) is -2.94. The molecule has 2 rings (SSSR count). The molecule has 0 radical (unpaired) electrons. The van der Waals surface area contributed by atoms with Gasteiger partial charge < -0.3 is 10.4 Å². The predicted molar refractivity (Wildman–Crippen MR) is 83.2 cm³/mol. The second kappa shape index (κ2) is 7.76. The summed E-state index contributed by atoms with van der Waals surface area (Å²) in [6, 6.07) is 0.0983. The maximum atomic E-state index is 11.6. The summed E-state index contributed by atoms with van der Waals surface area (Å²) in [5, 5.41) is 11.8. The molecular formula is C13H25ClN2O4S. The molecule has 0 bridgehead atoms. The largest absolute Gasteiger partial charge is 0.396 e. The van der Waals surface area contributed by atoms with Crippen LogP contribution in [0.5, 0.6) is 0 Å². The first-order valence-electron chi connectivity index (χ1n) is 7.19. The van der Waals surface area contributed by atoms with E-state index in [1.165, 1.54) is 19.1 Å². The lowest BCUT2D eigenvalue weighted by molar-refractivity contribution is -0.122. The number of sulfone groups is 1. The summed E-state index contributed by atoms with van der Waals surface area (Å²) in [6.07, 6.45) is 3.80. The lowest BCUT2D eigenvalue weighted by Crippen LogP contribution is -2.41. The fourth-order valence-electron chi connectivity index (χ4n) is 2.93. The van der Waals surface area contributed by atoms with E-state index in [0.717, 1.165) is 6.54 Å². The Balaban J connectivity index is 0.00000220. The van der Waals surface area contributed by atoms with Gasteiger partial charge in [0.1, 0.15) is 9.84 Å². The fourth-order valence-corrected chi connectivity index (χ4v) is 3.52. The van der Waals surface area contributed by atoms with Gasteiger partial charge in [-0.2, -0.15) is 0 Å². The maximum Gasteiger partial charge on any atom is 0.222 e. The molecule has 2 aliphatic rings. The molecule has 2 fully saturated rings. The molecule has 2 N–H and O–H groups in total. The van der Waals surface area contributed by atoms with Crippen molar-refractivity contribution in [3.05, 3.63) is 0 Å². The second-order valence-corrected chi connectivity index (χ2v) is 8.30. The number of aliphatic hydroxyl groups excluding tert-OH is 1. The van der Waals surface area contributed by atoms with Crippen molar-refractivity contribution >= 4 is 28.2 Å². The zero-order valence-electron chi connectivity index (χ0n) is 12.3. The van der Waals surface area contributed by atoms with Crippen molar-refractivity contribution in [3.8, 4) is 0 Å². The van der Waals surface area contributed by atoms with Gasteiger partial charge >= 0.3 is 0 Å². The molecule has 1 saturated carbocycles. The number of nitrogens with zero attached hydrogens (tertiary/aromatic N) is 1. The molecule has 0 spiro atoms. The second-order valence-electron chi connectivity index (χ2n) is 6.04. The van der Waals surface area contributed by atoms with Gasteiger partial charge in [0.25, 0.3) is 0 Å². The van der Waals surface area contributed by atoms with Crippen LogP contribution in [0.15, 0.2) is 0 Å². The molecule has 1 amide bonds. The van der Waals surface area contributed by atoms with Gasteiger partial charge in [-0.05, 0) is 24.7 Å². The van der Waals surface area contributed by atoms with E-state index in [1.54, 1.807) is 0 Å². The molecule has 1 aliphatic heterocycles. The van der Waals surface area contributed by atoms with Crippen molar-refractivity contribution in [1.82, 2.24) is 10.2 Å². The van der Waals surface area contributed by atoms with Crippen molar-refractivity contribution in [3.63, 3.8) is 0 Å². The number of amides is 1. The number of rotatable bonds is 7. The van der Waals surface area contributed by atoms with E-state index in [9.17, 15) is 13.2 Å². The zero-order chi connectivity index (χ0) is 14.8. The quantitative estimate of drug-likeness (QED) is 0.662.